The van der Waals surface area contributed by atoms with E-state index in [-0.39, 0.29) is 12.6 Å². The predicted molar refractivity (Wildman–Crippen MR) is 154 cm³/mol. The van der Waals surface area contributed by atoms with Gasteiger partial charge in [0.15, 0.2) is 0 Å². The zero-order valence-corrected chi connectivity index (χ0v) is 24.2. The minimum absolute atomic E-state index is 0.186. The highest BCUT2D eigenvalue weighted by Crippen LogP contribution is 2.33. The van der Waals surface area contributed by atoms with E-state index in [4.69, 9.17) is 9.47 Å². The second kappa shape index (κ2) is 12.9. The van der Waals surface area contributed by atoms with Crippen molar-refractivity contribution in [2.45, 2.75) is 63.3 Å². The molecule has 1 aliphatic heterocycles. The number of carbonyl (C=O) groups is 2. The monoisotopic (exact) mass is 582 g/mol. The summed E-state index contributed by atoms with van der Waals surface area (Å²) in [7, 11) is 1.74. The second-order valence-corrected chi connectivity index (χ2v) is 11.0. The number of nitrogens with one attached hydrogen (secondary N) is 1. The smallest absolute Gasteiger partial charge is 0.416 e. The summed E-state index contributed by atoms with van der Waals surface area (Å²) >= 11 is 0. The SMILES string of the molecule is CCOC(=O)C(C)(Cc1ccc(CCCC2(Cc3ccc(C(F)(F)F)cc3)CNC(=O)N2C)cc1)Oc1ccccc1. The van der Waals surface area contributed by atoms with Gasteiger partial charge in [-0.15, -0.1) is 0 Å². The van der Waals surface area contributed by atoms with E-state index in [0.717, 1.165) is 41.7 Å². The molecule has 3 aromatic carbocycles. The first-order valence-electron chi connectivity index (χ1n) is 14.1. The second-order valence-electron chi connectivity index (χ2n) is 11.0. The number of hydrogen-bond donors (Lipinski definition) is 1. The largest absolute Gasteiger partial charge is 0.476 e. The standard InChI is InChI=1S/C33H37F3N2O4/c1-4-41-29(39)31(2,42-28-10-6-5-7-11-28)21-25-14-12-24(13-15-25)9-8-20-32(23-37-30(40)38(32)3)22-26-16-18-27(19-17-26)33(34,35)36/h5-7,10-19H,4,8-9,20-23H2,1-3H3,(H,37,40). The van der Waals surface area contributed by atoms with Crippen molar-refractivity contribution in [3.63, 3.8) is 0 Å². The third-order valence-corrected chi connectivity index (χ3v) is 7.86. The Balaban J connectivity index is 1.40. The number of likely N-dealkylation sites (N-methyl/N-ethyl adjacent to an activating group) is 1. The van der Waals surface area contributed by atoms with Crippen LogP contribution in [-0.4, -0.2) is 48.2 Å². The van der Waals surface area contributed by atoms with Crippen molar-refractivity contribution in [1.29, 1.82) is 0 Å². The van der Waals surface area contributed by atoms with E-state index >= 15 is 0 Å². The summed E-state index contributed by atoms with van der Waals surface area (Å²) in [5.74, 6) is 0.153. The highest BCUT2D eigenvalue weighted by molar-refractivity contribution is 5.80. The van der Waals surface area contributed by atoms with E-state index < -0.39 is 28.8 Å². The van der Waals surface area contributed by atoms with Crippen LogP contribution >= 0.6 is 0 Å². The molecule has 1 fully saturated rings. The van der Waals surface area contributed by atoms with Gasteiger partial charge < -0.3 is 19.7 Å². The van der Waals surface area contributed by atoms with Gasteiger partial charge in [-0.1, -0.05) is 54.6 Å². The van der Waals surface area contributed by atoms with Gasteiger partial charge in [0.1, 0.15) is 5.75 Å². The molecule has 6 nitrogen and oxygen atoms in total. The number of alkyl halides is 3. The predicted octanol–water partition coefficient (Wildman–Crippen LogP) is 6.61. The highest BCUT2D eigenvalue weighted by atomic mass is 19.4. The van der Waals surface area contributed by atoms with Crippen LogP contribution in [0.15, 0.2) is 78.9 Å². The molecule has 2 amide bonds. The minimum atomic E-state index is -4.39. The molecule has 0 saturated carbocycles. The van der Waals surface area contributed by atoms with Crippen molar-refractivity contribution in [3.05, 3.63) is 101 Å². The fourth-order valence-electron chi connectivity index (χ4n) is 5.43. The van der Waals surface area contributed by atoms with Crippen LogP contribution in [0.25, 0.3) is 0 Å². The van der Waals surface area contributed by atoms with Crippen molar-refractivity contribution in [2.75, 3.05) is 20.2 Å². The molecule has 1 N–H and O–H groups in total. The summed E-state index contributed by atoms with van der Waals surface area (Å²) in [6, 6.07) is 22.1. The minimum Gasteiger partial charge on any atom is -0.476 e. The summed E-state index contributed by atoms with van der Waals surface area (Å²) in [5.41, 5.74) is 0.355. The number of halogens is 3. The first kappa shape index (κ1) is 30.9. The Morgan fingerprint density at radius 2 is 1.57 bits per heavy atom. The Kier molecular flexibility index (Phi) is 9.49. The molecule has 1 aliphatic rings. The van der Waals surface area contributed by atoms with Crippen LogP contribution in [-0.2, 0) is 35.0 Å². The topological polar surface area (TPSA) is 67.9 Å². The molecule has 1 saturated heterocycles. The van der Waals surface area contributed by atoms with Gasteiger partial charge in [0, 0.05) is 20.0 Å². The number of carbonyl (C=O) groups excluding carboxylic acids is 2. The Morgan fingerprint density at radius 3 is 2.14 bits per heavy atom. The number of esters is 1. The Hall–Kier alpha value is -4.01. The summed E-state index contributed by atoms with van der Waals surface area (Å²) < 4.78 is 50.5. The molecule has 3 aromatic rings. The number of benzene rings is 3. The van der Waals surface area contributed by atoms with Crippen molar-refractivity contribution < 1.29 is 32.2 Å². The summed E-state index contributed by atoms with van der Waals surface area (Å²) in [6.45, 7) is 4.17. The number of urea groups is 1. The normalized spacial score (nSPS) is 18.3. The van der Waals surface area contributed by atoms with Gasteiger partial charge in [0.05, 0.1) is 17.7 Å². The van der Waals surface area contributed by atoms with E-state index in [1.165, 1.54) is 12.1 Å². The van der Waals surface area contributed by atoms with Crippen LogP contribution < -0.4 is 10.1 Å². The van der Waals surface area contributed by atoms with Gasteiger partial charge in [0.25, 0.3) is 0 Å². The molecule has 1 heterocycles. The molecule has 0 radical (unpaired) electrons. The van der Waals surface area contributed by atoms with E-state index in [1.54, 1.807) is 37.9 Å². The quantitative estimate of drug-likeness (QED) is 0.244. The molecule has 2 atom stereocenters. The fourth-order valence-corrected chi connectivity index (χ4v) is 5.43. The van der Waals surface area contributed by atoms with Gasteiger partial charge in [-0.2, -0.15) is 13.2 Å². The van der Waals surface area contributed by atoms with Crippen LogP contribution in [0.3, 0.4) is 0 Å². The molecule has 9 heteroatoms. The van der Waals surface area contributed by atoms with Crippen molar-refractivity contribution in [2.24, 2.45) is 0 Å². The average molecular weight is 583 g/mol. The summed E-state index contributed by atoms with van der Waals surface area (Å²) in [4.78, 5) is 26.9. The van der Waals surface area contributed by atoms with E-state index in [1.807, 2.05) is 42.5 Å². The first-order chi connectivity index (χ1) is 19.9. The molecule has 2 unspecified atom stereocenters. The number of amides is 2. The molecule has 0 aromatic heterocycles. The number of ether oxygens (including phenoxy) is 2. The maximum atomic E-state index is 13.0. The highest BCUT2D eigenvalue weighted by Gasteiger charge is 2.43. The third-order valence-electron chi connectivity index (χ3n) is 7.86. The van der Waals surface area contributed by atoms with Crippen LogP contribution in [0.2, 0.25) is 0 Å². The first-order valence-corrected chi connectivity index (χ1v) is 14.1. The maximum Gasteiger partial charge on any atom is 0.416 e. The van der Waals surface area contributed by atoms with E-state index in [0.29, 0.717) is 31.6 Å². The lowest BCUT2D eigenvalue weighted by molar-refractivity contribution is -0.160. The van der Waals surface area contributed by atoms with Crippen molar-refractivity contribution >= 4 is 12.0 Å². The number of para-hydroxylation sites is 1. The molecule has 0 aliphatic carbocycles. The lowest BCUT2D eigenvalue weighted by Gasteiger charge is -2.35. The van der Waals surface area contributed by atoms with Crippen molar-refractivity contribution in [3.8, 4) is 5.75 Å². The van der Waals surface area contributed by atoms with Crippen LogP contribution in [0.1, 0.15) is 48.9 Å². The third kappa shape index (κ3) is 7.43. The van der Waals surface area contributed by atoms with Crippen LogP contribution in [0.5, 0.6) is 5.75 Å². The molecule has 42 heavy (non-hydrogen) atoms. The van der Waals surface area contributed by atoms with Gasteiger partial charge in [0.2, 0.25) is 5.60 Å². The van der Waals surface area contributed by atoms with Crippen LogP contribution in [0, 0.1) is 0 Å². The molecule has 4 rings (SSSR count). The number of aryl methyl sites for hydroxylation is 1. The molecule has 224 valence electrons. The zero-order valence-electron chi connectivity index (χ0n) is 24.2. The lowest BCUT2D eigenvalue weighted by atomic mass is 9.84. The van der Waals surface area contributed by atoms with Gasteiger partial charge >= 0.3 is 18.2 Å². The van der Waals surface area contributed by atoms with Crippen molar-refractivity contribution in [1.82, 2.24) is 10.2 Å². The summed E-state index contributed by atoms with van der Waals surface area (Å²) in [5, 5.41) is 2.89. The summed E-state index contributed by atoms with van der Waals surface area (Å²) in [6.07, 6.45) is -1.40. The maximum absolute atomic E-state index is 13.0. The Morgan fingerprint density at radius 1 is 0.952 bits per heavy atom. The average Bonchev–Trinajstić information content (AvgIpc) is 3.23. The number of rotatable bonds is 12. The molecular formula is C33H37F3N2O4. The number of hydrogen-bond acceptors (Lipinski definition) is 4. The molecular weight excluding hydrogens is 545 g/mol. The number of nitrogens with zero attached hydrogens (tertiary/aromatic N) is 1. The van der Waals surface area contributed by atoms with Gasteiger partial charge in [-0.3, -0.25) is 0 Å². The van der Waals surface area contributed by atoms with E-state index in [2.05, 4.69) is 5.32 Å². The lowest BCUT2D eigenvalue weighted by Crippen LogP contribution is -2.46. The van der Waals surface area contributed by atoms with Gasteiger partial charge in [-0.05, 0) is 80.5 Å². The molecule has 0 bridgehead atoms. The van der Waals surface area contributed by atoms with Gasteiger partial charge in [-0.25, -0.2) is 9.59 Å². The van der Waals surface area contributed by atoms with E-state index in [9.17, 15) is 22.8 Å². The Labute approximate surface area is 244 Å². The fraction of sp³-hybridized carbons (Fsp3) is 0.394. The van der Waals surface area contributed by atoms with Crippen LogP contribution in [0.4, 0.5) is 18.0 Å². The Bertz CT molecular complexity index is 1350. The molecule has 0 spiro atoms. The zero-order chi connectivity index (χ0) is 30.4.